The number of hydrogen-bond acceptors (Lipinski definition) is 4. The van der Waals surface area contributed by atoms with E-state index in [2.05, 4.69) is 10.4 Å². The van der Waals surface area contributed by atoms with E-state index in [0.29, 0.717) is 19.8 Å². The average molecular weight is 253 g/mol. The van der Waals surface area contributed by atoms with Gasteiger partial charge in [-0.2, -0.15) is 5.10 Å². The maximum Gasteiger partial charge on any atom is 0.244 e. The summed E-state index contributed by atoms with van der Waals surface area (Å²) < 4.78 is 6.74. The van der Waals surface area contributed by atoms with Crippen LogP contribution < -0.4 is 5.32 Å². The second kappa shape index (κ2) is 8.43. The molecule has 1 rings (SSSR count). The summed E-state index contributed by atoms with van der Waals surface area (Å²) in [5, 5.41) is 15.2. The van der Waals surface area contributed by atoms with Gasteiger partial charge in [0.2, 0.25) is 5.91 Å². The van der Waals surface area contributed by atoms with Crippen LogP contribution in [0.5, 0.6) is 0 Å². The Morgan fingerprint density at radius 1 is 1.61 bits per heavy atom. The van der Waals surface area contributed by atoms with E-state index in [4.69, 9.17) is 9.84 Å². The van der Waals surface area contributed by atoms with E-state index in [0.717, 1.165) is 12.0 Å². The average Bonchev–Trinajstić information content (AvgIpc) is 2.77. The lowest BCUT2D eigenvalue weighted by Gasteiger charge is -2.02. The fourth-order valence-corrected chi connectivity index (χ4v) is 1.31. The highest BCUT2D eigenvalue weighted by molar-refractivity contribution is 5.91. The minimum Gasteiger partial charge on any atom is -0.394 e. The van der Waals surface area contributed by atoms with E-state index in [9.17, 15) is 4.79 Å². The molecule has 1 amide bonds. The second-order valence-electron chi connectivity index (χ2n) is 3.76. The number of carbonyl (C=O) groups excluding carboxylic acids is 1. The van der Waals surface area contributed by atoms with Gasteiger partial charge in [-0.15, -0.1) is 0 Å². The van der Waals surface area contributed by atoms with E-state index >= 15 is 0 Å². The number of amides is 1. The summed E-state index contributed by atoms with van der Waals surface area (Å²) in [6, 6.07) is 0. The molecule has 1 aromatic rings. The number of ether oxygens (including phenoxy) is 1. The lowest BCUT2D eigenvalue weighted by Crippen LogP contribution is -2.23. The summed E-state index contributed by atoms with van der Waals surface area (Å²) in [6.07, 6.45) is 7.43. The topological polar surface area (TPSA) is 76.4 Å². The summed E-state index contributed by atoms with van der Waals surface area (Å²) in [6.45, 7) is 1.46. The third-order valence-electron chi connectivity index (χ3n) is 2.15. The van der Waals surface area contributed by atoms with Gasteiger partial charge in [0.05, 0.1) is 19.4 Å². The molecule has 0 spiro atoms. The number of aliphatic hydroxyl groups is 1. The van der Waals surface area contributed by atoms with Gasteiger partial charge in [0.25, 0.3) is 0 Å². The molecule has 0 aliphatic heterocycles. The minimum atomic E-state index is -0.138. The number of aryl methyl sites for hydroxylation is 1. The van der Waals surface area contributed by atoms with E-state index < -0.39 is 0 Å². The molecule has 0 saturated heterocycles. The number of hydrogen-bond donors (Lipinski definition) is 2. The number of rotatable bonds is 8. The Morgan fingerprint density at radius 3 is 3.11 bits per heavy atom. The zero-order valence-corrected chi connectivity index (χ0v) is 10.5. The molecule has 0 saturated carbocycles. The Kier molecular flexibility index (Phi) is 6.75. The summed E-state index contributed by atoms with van der Waals surface area (Å²) in [4.78, 5) is 11.4. The first kappa shape index (κ1) is 14.4. The van der Waals surface area contributed by atoms with Crippen molar-refractivity contribution >= 4 is 12.0 Å². The molecule has 0 aliphatic carbocycles. The van der Waals surface area contributed by atoms with Gasteiger partial charge in [-0.1, -0.05) is 0 Å². The normalized spacial score (nSPS) is 11.0. The van der Waals surface area contributed by atoms with Crippen LogP contribution in [-0.2, 0) is 16.6 Å². The Hall–Kier alpha value is -1.66. The Bertz CT molecular complexity index is 388. The summed E-state index contributed by atoms with van der Waals surface area (Å²) in [5.74, 6) is -0.138. The van der Waals surface area contributed by atoms with Crippen LogP contribution in [0.2, 0.25) is 0 Å². The first-order valence-electron chi connectivity index (χ1n) is 5.85. The quantitative estimate of drug-likeness (QED) is 0.503. The van der Waals surface area contributed by atoms with Gasteiger partial charge in [-0.05, 0) is 12.5 Å². The molecule has 1 aromatic heterocycles. The van der Waals surface area contributed by atoms with Crippen molar-refractivity contribution in [3.8, 4) is 0 Å². The molecule has 2 N–H and O–H groups in total. The molecule has 1 heterocycles. The van der Waals surface area contributed by atoms with Crippen LogP contribution in [0.15, 0.2) is 18.5 Å². The third-order valence-corrected chi connectivity index (χ3v) is 2.15. The Morgan fingerprint density at radius 2 is 2.44 bits per heavy atom. The number of nitrogens with zero attached hydrogens (tertiary/aromatic N) is 2. The highest BCUT2D eigenvalue weighted by Gasteiger charge is 1.96. The highest BCUT2D eigenvalue weighted by Crippen LogP contribution is 1.98. The molecular weight excluding hydrogens is 234 g/mol. The van der Waals surface area contributed by atoms with Gasteiger partial charge in [0, 0.05) is 38.0 Å². The molecule has 0 radical (unpaired) electrons. The van der Waals surface area contributed by atoms with Crippen LogP contribution in [0.25, 0.3) is 6.08 Å². The van der Waals surface area contributed by atoms with Crippen molar-refractivity contribution in [2.45, 2.75) is 6.42 Å². The summed E-state index contributed by atoms with van der Waals surface area (Å²) in [5.41, 5.74) is 0.888. The van der Waals surface area contributed by atoms with E-state index in [1.54, 1.807) is 17.0 Å². The maximum absolute atomic E-state index is 11.4. The molecule has 6 heteroatoms. The number of carbonyl (C=O) groups is 1. The molecule has 18 heavy (non-hydrogen) atoms. The van der Waals surface area contributed by atoms with Crippen molar-refractivity contribution in [1.82, 2.24) is 15.1 Å². The zero-order chi connectivity index (χ0) is 13.2. The molecule has 100 valence electrons. The maximum atomic E-state index is 11.4. The van der Waals surface area contributed by atoms with Gasteiger partial charge in [-0.25, -0.2) is 0 Å². The Labute approximate surface area is 106 Å². The molecule has 0 bridgehead atoms. The number of nitrogens with one attached hydrogen (secondary N) is 1. The number of aromatic nitrogens is 2. The van der Waals surface area contributed by atoms with Crippen molar-refractivity contribution in [2.75, 3.05) is 26.4 Å². The van der Waals surface area contributed by atoms with Crippen LogP contribution in [0.1, 0.15) is 12.0 Å². The molecular formula is C12H19N3O3. The lowest BCUT2D eigenvalue weighted by molar-refractivity contribution is -0.116. The lowest BCUT2D eigenvalue weighted by atomic mass is 10.3. The zero-order valence-electron chi connectivity index (χ0n) is 10.5. The van der Waals surface area contributed by atoms with E-state index in [-0.39, 0.29) is 12.5 Å². The van der Waals surface area contributed by atoms with Gasteiger partial charge >= 0.3 is 0 Å². The monoisotopic (exact) mass is 253 g/mol. The van der Waals surface area contributed by atoms with Crippen LogP contribution in [0.3, 0.4) is 0 Å². The van der Waals surface area contributed by atoms with Crippen molar-refractivity contribution in [3.05, 3.63) is 24.0 Å². The van der Waals surface area contributed by atoms with Crippen LogP contribution >= 0.6 is 0 Å². The molecule has 0 fully saturated rings. The minimum absolute atomic E-state index is 0.0280. The fourth-order valence-electron chi connectivity index (χ4n) is 1.31. The largest absolute Gasteiger partial charge is 0.394 e. The molecule has 0 atom stereocenters. The highest BCUT2D eigenvalue weighted by atomic mass is 16.5. The standard InChI is InChI=1S/C12H19N3O3/c1-15-10-11(9-14-15)3-4-12(17)13-5-2-7-18-8-6-16/h3-4,9-10,16H,2,5-8H2,1H3,(H,13,17)/b4-3+. The first-order chi connectivity index (χ1) is 8.72. The van der Waals surface area contributed by atoms with E-state index in [1.807, 2.05) is 13.2 Å². The van der Waals surface area contributed by atoms with Crippen molar-refractivity contribution in [2.24, 2.45) is 7.05 Å². The summed E-state index contributed by atoms with van der Waals surface area (Å²) in [7, 11) is 1.82. The van der Waals surface area contributed by atoms with Gasteiger partial charge in [0.15, 0.2) is 0 Å². The Balaban J connectivity index is 2.12. The number of aliphatic hydroxyl groups excluding tert-OH is 1. The van der Waals surface area contributed by atoms with Crippen molar-refractivity contribution in [1.29, 1.82) is 0 Å². The molecule has 0 aromatic carbocycles. The SMILES string of the molecule is Cn1cc(/C=C/C(=O)NCCCOCCO)cn1. The smallest absolute Gasteiger partial charge is 0.244 e. The molecule has 6 nitrogen and oxygen atoms in total. The molecule has 0 aliphatic rings. The van der Waals surface area contributed by atoms with Crippen molar-refractivity contribution < 1.29 is 14.6 Å². The van der Waals surface area contributed by atoms with E-state index in [1.165, 1.54) is 6.08 Å². The van der Waals surface area contributed by atoms with Gasteiger partial charge < -0.3 is 15.2 Å². The predicted molar refractivity (Wildman–Crippen MR) is 67.8 cm³/mol. The first-order valence-corrected chi connectivity index (χ1v) is 5.85. The van der Waals surface area contributed by atoms with Crippen LogP contribution in [-0.4, -0.2) is 47.2 Å². The predicted octanol–water partition coefficient (Wildman–Crippen LogP) is -0.0515. The molecule has 0 unspecified atom stereocenters. The fraction of sp³-hybridized carbons (Fsp3) is 0.500. The summed E-state index contributed by atoms with van der Waals surface area (Å²) >= 11 is 0. The van der Waals surface area contributed by atoms with Gasteiger partial charge in [0.1, 0.15) is 0 Å². The second-order valence-corrected chi connectivity index (χ2v) is 3.76. The van der Waals surface area contributed by atoms with Crippen LogP contribution in [0.4, 0.5) is 0 Å². The van der Waals surface area contributed by atoms with Crippen LogP contribution in [0, 0.1) is 0 Å². The third kappa shape index (κ3) is 6.17. The van der Waals surface area contributed by atoms with Gasteiger partial charge in [-0.3, -0.25) is 9.48 Å². The van der Waals surface area contributed by atoms with Crippen molar-refractivity contribution in [3.63, 3.8) is 0 Å².